The number of benzene rings is 6. The largest absolute Gasteiger partial charge is 0.506 e. The molecule has 0 saturated heterocycles. The predicted octanol–water partition coefficient (Wildman–Crippen LogP) is 7.06. The molecule has 0 aliphatic carbocycles. The van der Waals surface area contributed by atoms with Crippen molar-refractivity contribution in [2.75, 3.05) is 11.5 Å². The Morgan fingerprint density at radius 2 is 1.03 bits per heavy atom. The van der Waals surface area contributed by atoms with Crippen molar-refractivity contribution < 1.29 is 10.2 Å². The molecule has 4 heteroatoms. The molecule has 0 aromatic heterocycles. The first kappa shape index (κ1) is 19.9. The molecule has 34 heavy (non-hydrogen) atoms. The number of hydrogen-bond donors (Lipinski definition) is 4. The van der Waals surface area contributed by atoms with Gasteiger partial charge < -0.3 is 21.7 Å². The summed E-state index contributed by atoms with van der Waals surface area (Å²) in [6.45, 7) is 0. The molecule has 0 heterocycles. The molecule has 0 radical (unpaired) electrons. The van der Waals surface area contributed by atoms with Gasteiger partial charge in [0, 0.05) is 0 Å². The van der Waals surface area contributed by atoms with E-state index in [2.05, 4.69) is 60.7 Å². The first-order valence-electron chi connectivity index (χ1n) is 11.1. The lowest BCUT2D eigenvalue weighted by Crippen LogP contribution is -1.93. The smallest absolute Gasteiger partial charge is 0.138 e. The summed E-state index contributed by atoms with van der Waals surface area (Å²) in [5.41, 5.74) is 16.5. The number of phenolic OH excluding ortho intramolecular Hbond substituents is 2. The average Bonchev–Trinajstić information content (AvgIpc) is 2.86. The highest BCUT2D eigenvalue weighted by Gasteiger charge is 2.16. The van der Waals surface area contributed by atoms with Crippen molar-refractivity contribution in [2.24, 2.45) is 0 Å². The predicted molar refractivity (Wildman–Crippen MR) is 142 cm³/mol. The summed E-state index contributed by atoms with van der Waals surface area (Å²) in [6.07, 6.45) is 0. The molecule has 0 aliphatic heterocycles. The highest BCUT2D eigenvalue weighted by molar-refractivity contribution is 6.20. The highest BCUT2D eigenvalue weighted by atomic mass is 16.3. The van der Waals surface area contributed by atoms with Crippen LogP contribution in [0.1, 0.15) is 0 Å². The van der Waals surface area contributed by atoms with Gasteiger partial charge in [0.2, 0.25) is 0 Å². The first-order valence-corrected chi connectivity index (χ1v) is 11.1. The van der Waals surface area contributed by atoms with Gasteiger partial charge in [-0.1, -0.05) is 72.8 Å². The van der Waals surface area contributed by atoms with E-state index in [1.165, 1.54) is 21.5 Å². The SMILES string of the molecule is Nc1cc(-c2ccc3c(ccc4c5ccccc5ccc34)c2-c2ccc(O)c(N)c2)ccc1O. The molecule has 6 rings (SSSR count). The van der Waals surface area contributed by atoms with Gasteiger partial charge in [0.25, 0.3) is 0 Å². The molecule has 6 N–H and O–H groups in total. The van der Waals surface area contributed by atoms with E-state index in [1.54, 1.807) is 24.3 Å². The zero-order chi connectivity index (χ0) is 23.4. The van der Waals surface area contributed by atoms with Gasteiger partial charge in [0.1, 0.15) is 11.5 Å². The number of nitrogen functional groups attached to an aromatic ring is 2. The second-order valence-electron chi connectivity index (χ2n) is 8.58. The Labute approximate surface area is 196 Å². The molecular weight excluding hydrogens is 420 g/mol. The van der Waals surface area contributed by atoms with Crippen molar-refractivity contribution in [1.82, 2.24) is 0 Å². The zero-order valence-corrected chi connectivity index (χ0v) is 18.3. The summed E-state index contributed by atoms with van der Waals surface area (Å²) in [5, 5.41) is 27.0. The summed E-state index contributed by atoms with van der Waals surface area (Å²) in [7, 11) is 0. The fourth-order valence-corrected chi connectivity index (χ4v) is 4.89. The lowest BCUT2D eigenvalue weighted by Gasteiger charge is -2.17. The highest BCUT2D eigenvalue weighted by Crippen LogP contribution is 2.43. The summed E-state index contributed by atoms with van der Waals surface area (Å²) < 4.78 is 0. The van der Waals surface area contributed by atoms with E-state index >= 15 is 0 Å². The van der Waals surface area contributed by atoms with Crippen LogP contribution in [0.4, 0.5) is 11.4 Å². The number of rotatable bonds is 2. The third-order valence-electron chi connectivity index (χ3n) is 6.58. The standard InChI is InChI=1S/C30H22N2O2/c31-26-15-18(6-13-28(26)33)21-9-10-24-23-8-5-17-3-1-2-4-20(17)22(23)11-12-25(24)30(21)19-7-14-29(34)27(32)16-19/h1-16,33-34H,31-32H2. The van der Waals surface area contributed by atoms with Gasteiger partial charge in [0.15, 0.2) is 0 Å². The van der Waals surface area contributed by atoms with E-state index in [-0.39, 0.29) is 11.5 Å². The van der Waals surface area contributed by atoms with E-state index in [0.29, 0.717) is 11.4 Å². The zero-order valence-electron chi connectivity index (χ0n) is 18.3. The fraction of sp³-hybridized carbons (Fsp3) is 0. The Balaban J connectivity index is 1.73. The lowest BCUT2D eigenvalue weighted by atomic mass is 9.87. The molecule has 0 atom stereocenters. The van der Waals surface area contributed by atoms with Gasteiger partial charge >= 0.3 is 0 Å². The third-order valence-corrected chi connectivity index (χ3v) is 6.58. The number of fused-ring (bicyclic) bond motifs is 5. The van der Waals surface area contributed by atoms with Crippen molar-refractivity contribution in [2.45, 2.75) is 0 Å². The van der Waals surface area contributed by atoms with Gasteiger partial charge in [-0.05, 0) is 78.8 Å². The van der Waals surface area contributed by atoms with Crippen LogP contribution in [0.25, 0.3) is 54.6 Å². The van der Waals surface area contributed by atoms with E-state index < -0.39 is 0 Å². The molecule has 4 nitrogen and oxygen atoms in total. The van der Waals surface area contributed by atoms with E-state index in [9.17, 15) is 10.2 Å². The monoisotopic (exact) mass is 442 g/mol. The minimum atomic E-state index is 0.0522. The van der Waals surface area contributed by atoms with Crippen LogP contribution < -0.4 is 11.5 Å². The lowest BCUT2D eigenvalue weighted by molar-refractivity contribution is 0.477. The Hall–Kier alpha value is -4.70. The van der Waals surface area contributed by atoms with Crippen molar-refractivity contribution >= 4 is 43.7 Å². The van der Waals surface area contributed by atoms with Crippen molar-refractivity contribution in [3.8, 4) is 33.8 Å². The number of phenols is 2. The van der Waals surface area contributed by atoms with Crippen LogP contribution in [-0.4, -0.2) is 10.2 Å². The van der Waals surface area contributed by atoms with Crippen LogP contribution in [0, 0.1) is 0 Å². The molecular formula is C30H22N2O2. The molecule has 0 spiro atoms. The third kappa shape index (κ3) is 3.00. The molecule has 6 aromatic carbocycles. The molecule has 164 valence electrons. The minimum absolute atomic E-state index is 0.0522. The summed E-state index contributed by atoms with van der Waals surface area (Å²) in [6, 6.07) is 31.8. The normalized spacial score (nSPS) is 11.4. The summed E-state index contributed by atoms with van der Waals surface area (Å²) in [4.78, 5) is 0. The van der Waals surface area contributed by atoms with E-state index in [4.69, 9.17) is 11.5 Å². The molecule has 0 bridgehead atoms. The molecule has 6 aromatic rings. The number of hydrogen-bond acceptors (Lipinski definition) is 4. The minimum Gasteiger partial charge on any atom is -0.506 e. The summed E-state index contributed by atoms with van der Waals surface area (Å²) in [5.74, 6) is 0.106. The fourth-order valence-electron chi connectivity index (χ4n) is 4.89. The second kappa shape index (κ2) is 7.42. The number of nitrogens with two attached hydrogens (primary N) is 2. The topological polar surface area (TPSA) is 92.5 Å². The van der Waals surface area contributed by atoms with Crippen LogP contribution in [-0.2, 0) is 0 Å². The maximum atomic E-state index is 10.0. The van der Waals surface area contributed by atoms with Gasteiger partial charge in [0.05, 0.1) is 11.4 Å². The van der Waals surface area contributed by atoms with Crippen LogP contribution in [0.15, 0.2) is 97.1 Å². The molecule has 0 amide bonds. The van der Waals surface area contributed by atoms with Gasteiger partial charge in [-0.3, -0.25) is 0 Å². The Morgan fingerprint density at radius 3 is 1.79 bits per heavy atom. The molecule has 0 fully saturated rings. The van der Waals surface area contributed by atoms with Gasteiger partial charge in [-0.25, -0.2) is 0 Å². The summed E-state index contributed by atoms with van der Waals surface area (Å²) >= 11 is 0. The van der Waals surface area contributed by atoms with Crippen LogP contribution in [0.3, 0.4) is 0 Å². The number of anilines is 2. The first-order chi connectivity index (χ1) is 16.5. The van der Waals surface area contributed by atoms with Crippen molar-refractivity contribution in [3.05, 3.63) is 97.1 Å². The van der Waals surface area contributed by atoms with Gasteiger partial charge in [-0.2, -0.15) is 0 Å². The second-order valence-corrected chi connectivity index (χ2v) is 8.58. The maximum absolute atomic E-state index is 10.0. The quantitative estimate of drug-likeness (QED) is 0.131. The van der Waals surface area contributed by atoms with Gasteiger partial charge in [-0.15, -0.1) is 0 Å². The number of aromatic hydroxyl groups is 2. The van der Waals surface area contributed by atoms with E-state index in [1.807, 2.05) is 12.1 Å². The van der Waals surface area contributed by atoms with Crippen molar-refractivity contribution in [3.63, 3.8) is 0 Å². The molecule has 0 unspecified atom stereocenters. The molecule has 0 saturated carbocycles. The van der Waals surface area contributed by atoms with Crippen LogP contribution >= 0.6 is 0 Å². The Kier molecular flexibility index (Phi) is 4.36. The maximum Gasteiger partial charge on any atom is 0.138 e. The Bertz CT molecular complexity index is 1760. The van der Waals surface area contributed by atoms with Crippen LogP contribution in [0.2, 0.25) is 0 Å². The Morgan fingerprint density at radius 1 is 0.471 bits per heavy atom. The average molecular weight is 443 g/mol. The van der Waals surface area contributed by atoms with Crippen LogP contribution in [0.5, 0.6) is 11.5 Å². The van der Waals surface area contributed by atoms with E-state index in [0.717, 1.165) is 33.0 Å². The van der Waals surface area contributed by atoms with Crippen molar-refractivity contribution in [1.29, 1.82) is 0 Å². The molecule has 0 aliphatic rings.